The Morgan fingerprint density at radius 3 is 1.89 bits per heavy atom. The molecule has 0 aromatic heterocycles. The number of benzene rings is 2. The first-order valence-corrected chi connectivity index (χ1v) is 11.2. The molecule has 27 heavy (non-hydrogen) atoms. The number of rotatable bonds is 8. The van der Waals surface area contributed by atoms with Crippen LogP contribution in [-0.2, 0) is 14.0 Å². The van der Waals surface area contributed by atoms with Crippen LogP contribution in [0.4, 0.5) is 0 Å². The number of carbonyl (C=O) groups is 1. The topological polar surface area (TPSA) is 35.5 Å². The molecule has 0 spiro atoms. The van der Waals surface area contributed by atoms with Crippen LogP contribution in [0, 0.1) is 5.92 Å². The molecule has 0 unspecified atom stereocenters. The molecule has 0 aliphatic heterocycles. The minimum Gasteiger partial charge on any atom is -0.469 e. The van der Waals surface area contributed by atoms with Gasteiger partial charge in [-0.15, -0.1) is 6.58 Å². The number of methoxy groups -OCH3 is 1. The summed E-state index contributed by atoms with van der Waals surface area (Å²) in [5.41, 5.74) is 0. The van der Waals surface area contributed by atoms with E-state index < -0.39 is 8.32 Å². The fourth-order valence-corrected chi connectivity index (χ4v) is 8.12. The van der Waals surface area contributed by atoms with Crippen molar-refractivity contribution in [2.45, 2.75) is 32.2 Å². The molecule has 0 saturated carbocycles. The molecule has 0 heterocycles. The first kappa shape index (κ1) is 21.1. The van der Waals surface area contributed by atoms with Gasteiger partial charge in [0.2, 0.25) is 0 Å². The van der Waals surface area contributed by atoms with Crippen LogP contribution in [0.25, 0.3) is 0 Å². The Hall–Kier alpha value is -2.17. The Morgan fingerprint density at radius 2 is 1.52 bits per heavy atom. The molecular weight excluding hydrogens is 352 g/mol. The van der Waals surface area contributed by atoms with E-state index in [0.29, 0.717) is 6.61 Å². The average Bonchev–Trinajstić information content (AvgIpc) is 2.67. The van der Waals surface area contributed by atoms with Crippen molar-refractivity contribution in [2.24, 2.45) is 5.92 Å². The molecule has 0 fully saturated rings. The molecule has 144 valence electrons. The maximum Gasteiger partial charge on any atom is 0.306 e. The van der Waals surface area contributed by atoms with Gasteiger partial charge >= 0.3 is 5.97 Å². The van der Waals surface area contributed by atoms with E-state index in [9.17, 15) is 4.79 Å². The van der Waals surface area contributed by atoms with Crippen LogP contribution in [0.1, 0.15) is 27.2 Å². The smallest absolute Gasteiger partial charge is 0.306 e. The van der Waals surface area contributed by atoms with E-state index in [0.717, 1.165) is 0 Å². The molecule has 0 radical (unpaired) electrons. The Bertz CT molecular complexity index is 696. The number of carbonyl (C=O) groups excluding carboxylic acids is 1. The summed E-state index contributed by atoms with van der Waals surface area (Å²) in [6, 6.07) is 21.0. The van der Waals surface area contributed by atoms with Crippen LogP contribution in [0.5, 0.6) is 0 Å². The summed E-state index contributed by atoms with van der Waals surface area (Å²) in [5.74, 6) is -0.329. The summed E-state index contributed by atoms with van der Waals surface area (Å²) < 4.78 is 11.6. The summed E-state index contributed by atoms with van der Waals surface area (Å²) in [6.45, 7) is 11.0. The van der Waals surface area contributed by atoms with Gasteiger partial charge in [0.05, 0.1) is 13.5 Å². The Kier molecular flexibility index (Phi) is 7.16. The fourth-order valence-electron chi connectivity index (χ4n) is 3.50. The molecule has 2 aromatic rings. The van der Waals surface area contributed by atoms with Gasteiger partial charge in [0, 0.05) is 12.5 Å². The molecule has 0 N–H and O–H groups in total. The van der Waals surface area contributed by atoms with E-state index in [1.807, 2.05) is 12.1 Å². The van der Waals surface area contributed by atoms with Gasteiger partial charge in [-0.05, 0) is 15.4 Å². The molecule has 0 aliphatic carbocycles. The first-order chi connectivity index (χ1) is 12.8. The summed E-state index contributed by atoms with van der Waals surface area (Å²) >= 11 is 0. The van der Waals surface area contributed by atoms with Crippen molar-refractivity contribution in [2.75, 3.05) is 13.7 Å². The Balaban J connectivity index is 2.49. The number of esters is 1. The van der Waals surface area contributed by atoms with Crippen molar-refractivity contribution in [3.63, 3.8) is 0 Å². The van der Waals surface area contributed by atoms with E-state index >= 15 is 0 Å². The Labute approximate surface area is 164 Å². The van der Waals surface area contributed by atoms with E-state index in [2.05, 4.69) is 75.9 Å². The van der Waals surface area contributed by atoms with Crippen molar-refractivity contribution < 1.29 is 14.0 Å². The van der Waals surface area contributed by atoms with E-state index in [1.165, 1.54) is 17.5 Å². The van der Waals surface area contributed by atoms with Crippen LogP contribution in [0.2, 0.25) is 5.04 Å². The zero-order valence-electron chi connectivity index (χ0n) is 16.8. The summed E-state index contributed by atoms with van der Waals surface area (Å²) in [5, 5.41) is 2.36. The second kappa shape index (κ2) is 9.15. The highest BCUT2D eigenvalue weighted by Crippen LogP contribution is 2.37. The zero-order valence-corrected chi connectivity index (χ0v) is 17.8. The maximum absolute atomic E-state index is 11.7. The van der Waals surface area contributed by atoms with Gasteiger partial charge in [0.1, 0.15) is 0 Å². The van der Waals surface area contributed by atoms with E-state index in [1.54, 1.807) is 6.08 Å². The lowest BCUT2D eigenvalue weighted by molar-refractivity contribution is -0.141. The van der Waals surface area contributed by atoms with Crippen LogP contribution < -0.4 is 10.4 Å². The third-order valence-corrected chi connectivity index (χ3v) is 9.93. The molecular formula is C23H30O3Si. The van der Waals surface area contributed by atoms with Crippen molar-refractivity contribution in [3.05, 3.63) is 73.3 Å². The highest BCUT2D eigenvalue weighted by molar-refractivity contribution is 6.99. The second-order valence-corrected chi connectivity index (χ2v) is 12.1. The van der Waals surface area contributed by atoms with Gasteiger partial charge in [-0.3, -0.25) is 4.79 Å². The molecule has 2 aromatic carbocycles. The standard InChI is InChI=1S/C23H30O3Si/c1-6-19(17-22(24)25-5)18-26-27(23(2,3)4,20-13-9-7-10-14-20)21-15-11-8-12-16-21/h6-16,19H,1,17-18H2,2-5H3/t19-/m1/s1. The quantitative estimate of drug-likeness (QED) is 0.394. The molecule has 4 heteroatoms. The molecule has 3 nitrogen and oxygen atoms in total. The Morgan fingerprint density at radius 1 is 1.04 bits per heavy atom. The normalized spacial score (nSPS) is 13.0. The van der Waals surface area contributed by atoms with Crippen molar-refractivity contribution in [3.8, 4) is 0 Å². The van der Waals surface area contributed by atoms with Gasteiger partial charge in [-0.2, -0.15) is 0 Å². The van der Waals surface area contributed by atoms with Crippen molar-refractivity contribution in [1.29, 1.82) is 0 Å². The minimum atomic E-state index is -2.59. The predicted molar refractivity (Wildman–Crippen MR) is 114 cm³/mol. The van der Waals surface area contributed by atoms with Gasteiger partial charge < -0.3 is 9.16 Å². The van der Waals surface area contributed by atoms with Crippen molar-refractivity contribution >= 4 is 24.7 Å². The number of hydrogen-bond donors (Lipinski definition) is 0. The average molecular weight is 383 g/mol. The van der Waals surface area contributed by atoms with Gasteiger partial charge in [-0.1, -0.05) is 87.5 Å². The molecule has 0 amide bonds. The lowest BCUT2D eigenvalue weighted by Gasteiger charge is -2.43. The van der Waals surface area contributed by atoms with Crippen LogP contribution >= 0.6 is 0 Å². The SMILES string of the molecule is C=C[C@@H](CO[Si](c1ccccc1)(c1ccccc1)C(C)(C)C)CC(=O)OC. The highest BCUT2D eigenvalue weighted by atomic mass is 28.4. The summed E-state index contributed by atoms with van der Waals surface area (Å²) in [4.78, 5) is 11.7. The summed E-state index contributed by atoms with van der Waals surface area (Å²) in [6.07, 6.45) is 2.06. The highest BCUT2D eigenvalue weighted by Gasteiger charge is 2.50. The largest absolute Gasteiger partial charge is 0.469 e. The molecule has 0 saturated heterocycles. The number of hydrogen-bond acceptors (Lipinski definition) is 3. The maximum atomic E-state index is 11.7. The van der Waals surface area contributed by atoms with E-state index in [-0.39, 0.29) is 23.3 Å². The van der Waals surface area contributed by atoms with Gasteiger partial charge in [0.15, 0.2) is 0 Å². The third-order valence-electron chi connectivity index (χ3n) is 4.92. The van der Waals surface area contributed by atoms with Gasteiger partial charge in [0.25, 0.3) is 8.32 Å². The van der Waals surface area contributed by atoms with Crippen LogP contribution in [0.15, 0.2) is 73.3 Å². The molecule has 0 bridgehead atoms. The fraction of sp³-hybridized carbons (Fsp3) is 0.348. The first-order valence-electron chi connectivity index (χ1n) is 9.29. The lowest BCUT2D eigenvalue weighted by Crippen LogP contribution is -2.66. The lowest BCUT2D eigenvalue weighted by atomic mass is 10.1. The zero-order chi connectivity index (χ0) is 19.9. The monoisotopic (exact) mass is 382 g/mol. The minimum absolute atomic E-state index is 0.0842. The van der Waals surface area contributed by atoms with Crippen molar-refractivity contribution in [1.82, 2.24) is 0 Å². The summed E-state index contributed by atoms with van der Waals surface area (Å²) in [7, 11) is -1.18. The molecule has 0 aliphatic rings. The van der Waals surface area contributed by atoms with Crippen LogP contribution in [-0.4, -0.2) is 28.0 Å². The van der Waals surface area contributed by atoms with E-state index in [4.69, 9.17) is 9.16 Å². The number of ether oxygens (including phenoxy) is 1. The second-order valence-electron chi connectivity index (χ2n) is 7.75. The van der Waals surface area contributed by atoms with Gasteiger partial charge in [-0.25, -0.2) is 0 Å². The molecule has 1 atom stereocenters. The predicted octanol–water partition coefficient (Wildman–Crippen LogP) is 3.93. The molecule has 2 rings (SSSR count). The third kappa shape index (κ3) is 4.76. The van der Waals surface area contributed by atoms with Crippen LogP contribution in [0.3, 0.4) is 0 Å².